The molecule has 0 aliphatic heterocycles. The first-order valence-corrected chi connectivity index (χ1v) is 7.81. The van der Waals surface area contributed by atoms with Gasteiger partial charge in [0.25, 0.3) is 5.91 Å². The minimum absolute atomic E-state index is 0.334. The molecule has 0 bridgehead atoms. The molecule has 128 valence electrons. The molecule has 0 aliphatic carbocycles. The van der Waals surface area contributed by atoms with Gasteiger partial charge in [0.15, 0.2) is 12.7 Å². The lowest BCUT2D eigenvalue weighted by molar-refractivity contribution is -0.154. The molecule has 0 fully saturated rings. The van der Waals surface area contributed by atoms with Crippen LogP contribution in [0.5, 0.6) is 5.75 Å². The average molecular weight is 338 g/mol. The Morgan fingerprint density at radius 2 is 1.80 bits per heavy atom. The molecule has 0 aliphatic rings. The van der Waals surface area contributed by atoms with Crippen molar-refractivity contribution in [3.63, 3.8) is 0 Å². The van der Waals surface area contributed by atoms with E-state index in [-0.39, 0.29) is 0 Å². The second kappa shape index (κ2) is 9.08. The quantitative estimate of drug-likeness (QED) is 0.784. The van der Waals surface area contributed by atoms with Crippen molar-refractivity contribution in [1.82, 2.24) is 0 Å². The zero-order valence-corrected chi connectivity index (χ0v) is 13.8. The first-order chi connectivity index (χ1) is 12.1. The van der Waals surface area contributed by atoms with Crippen LogP contribution < -0.4 is 10.1 Å². The number of hydrogen-bond acceptors (Lipinski definition) is 5. The highest BCUT2D eigenvalue weighted by atomic mass is 16.6. The Balaban J connectivity index is 1.87. The molecule has 6 nitrogen and oxygen atoms in total. The summed E-state index contributed by atoms with van der Waals surface area (Å²) in [7, 11) is 0. The molecule has 1 N–H and O–H groups in total. The Morgan fingerprint density at radius 3 is 2.48 bits per heavy atom. The van der Waals surface area contributed by atoms with Gasteiger partial charge < -0.3 is 14.8 Å². The molecule has 2 aromatic carbocycles. The predicted molar refractivity (Wildman–Crippen MR) is 91.9 cm³/mol. The summed E-state index contributed by atoms with van der Waals surface area (Å²) in [6, 6.07) is 17.5. The highest BCUT2D eigenvalue weighted by Gasteiger charge is 2.21. The summed E-state index contributed by atoms with van der Waals surface area (Å²) in [5.41, 5.74) is 0.708. The lowest BCUT2D eigenvalue weighted by Gasteiger charge is -2.16. The lowest BCUT2D eigenvalue weighted by atomic mass is 10.2. The highest BCUT2D eigenvalue weighted by molar-refractivity contribution is 5.94. The SMILES string of the molecule is CC[C@H](Oc1ccccc1)C(=O)OCC(=O)Nc1ccccc1C#N. The smallest absolute Gasteiger partial charge is 0.347 e. The van der Waals surface area contributed by atoms with Gasteiger partial charge in [-0.05, 0) is 30.7 Å². The van der Waals surface area contributed by atoms with Gasteiger partial charge in [-0.2, -0.15) is 5.26 Å². The number of ether oxygens (including phenoxy) is 2. The Labute approximate surface area is 146 Å². The van der Waals surface area contributed by atoms with Crippen LogP contribution in [0.1, 0.15) is 18.9 Å². The molecule has 1 atom stereocenters. The van der Waals surface area contributed by atoms with Crippen LogP contribution in [0.3, 0.4) is 0 Å². The van der Waals surface area contributed by atoms with Gasteiger partial charge in [0.2, 0.25) is 0 Å². The third-order valence-corrected chi connectivity index (χ3v) is 3.32. The van der Waals surface area contributed by atoms with Crippen LogP contribution in [0.25, 0.3) is 0 Å². The maximum Gasteiger partial charge on any atom is 0.347 e. The van der Waals surface area contributed by atoms with Crippen molar-refractivity contribution in [1.29, 1.82) is 5.26 Å². The number of carbonyl (C=O) groups excluding carboxylic acids is 2. The predicted octanol–water partition coefficient (Wildman–Crippen LogP) is 2.90. The molecule has 0 aromatic heterocycles. The van der Waals surface area contributed by atoms with Crippen molar-refractivity contribution in [2.45, 2.75) is 19.4 Å². The standard InChI is InChI=1S/C19H18N2O4/c1-2-17(25-15-9-4-3-5-10-15)19(23)24-13-18(22)21-16-11-7-6-8-14(16)12-20/h3-11,17H,2,13H2,1H3,(H,21,22)/t17-/m0/s1. The molecule has 2 aromatic rings. The number of carbonyl (C=O) groups is 2. The molecule has 0 heterocycles. The maximum absolute atomic E-state index is 12.1. The lowest BCUT2D eigenvalue weighted by Crippen LogP contribution is -2.31. The van der Waals surface area contributed by atoms with Crippen LogP contribution in [0.15, 0.2) is 54.6 Å². The van der Waals surface area contributed by atoms with Crippen molar-refractivity contribution < 1.29 is 19.1 Å². The number of hydrogen-bond donors (Lipinski definition) is 1. The number of benzene rings is 2. The first-order valence-electron chi connectivity index (χ1n) is 7.81. The van der Waals surface area contributed by atoms with Crippen LogP contribution in [-0.4, -0.2) is 24.6 Å². The zero-order chi connectivity index (χ0) is 18.1. The normalized spacial score (nSPS) is 11.0. The largest absolute Gasteiger partial charge is 0.479 e. The summed E-state index contributed by atoms with van der Waals surface area (Å²) in [6.45, 7) is 1.34. The van der Waals surface area contributed by atoms with E-state index >= 15 is 0 Å². The van der Waals surface area contributed by atoms with Crippen molar-refractivity contribution in [3.8, 4) is 11.8 Å². The fourth-order valence-corrected chi connectivity index (χ4v) is 2.07. The fraction of sp³-hybridized carbons (Fsp3) is 0.211. The van der Waals surface area contributed by atoms with Gasteiger partial charge in [0, 0.05) is 0 Å². The Hall–Kier alpha value is -3.33. The molecule has 25 heavy (non-hydrogen) atoms. The van der Waals surface area contributed by atoms with Gasteiger partial charge >= 0.3 is 5.97 Å². The van der Waals surface area contributed by atoms with E-state index in [9.17, 15) is 9.59 Å². The van der Waals surface area contributed by atoms with Gasteiger partial charge in [0.1, 0.15) is 11.8 Å². The molecular formula is C19H18N2O4. The zero-order valence-electron chi connectivity index (χ0n) is 13.8. The van der Waals surface area contributed by atoms with Crippen LogP contribution in [0.4, 0.5) is 5.69 Å². The van der Waals surface area contributed by atoms with E-state index in [4.69, 9.17) is 14.7 Å². The minimum atomic E-state index is -0.790. The van der Waals surface area contributed by atoms with E-state index in [1.807, 2.05) is 12.1 Å². The number of para-hydroxylation sites is 2. The fourth-order valence-electron chi connectivity index (χ4n) is 2.07. The van der Waals surface area contributed by atoms with Gasteiger partial charge in [-0.25, -0.2) is 4.79 Å². The Kier molecular flexibility index (Phi) is 6.55. The van der Waals surface area contributed by atoms with Crippen LogP contribution in [0.2, 0.25) is 0 Å². The van der Waals surface area contributed by atoms with Gasteiger partial charge in [-0.3, -0.25) is 4.79 Å². The van der Waals surface area contributed by atoms with Crippen LogP contribution >= 0.6 is 0 Å². The molecule has 0 saturated heterocycles. The summed E-state index contributed by atoms with van der Waals surface area (Å²) in [5.74, 6) is -0.584. The van der Waals surface area contributed by atoms with E-state index in [0.29, 0.717) is 23.4 Å². The van der Waals surface area contributed by atoms with Crippen molar-refractivity contribution in [2.24, 2.45) is 0 Å². The number of nitrogens with one attached hydrogen (secondary N) is 1. The summed E-state index contributed by atoms with van der Waals surface area (Å²) in [4.78, 5) is 24.0. The molecule has 0 unspecified atom stereocenters. The molecular weight excluding hydrogens is 320 g/mol. The third-order valence-electron chi connectivity index (χ3n) is 3.32. The first kappa shape index (κ1) is 18.0. The summed E-state index contributed by atoms with van der Waals surface area (Å²) in [5, 5.41) is 11.5. The van der Waals surface area contributed by atoms with E-state index < -0.39 is 24.6 Å². The van der Waals surface area contributed by atoms with Crippen molar-refractivity contribution >= 4 is 17.6 Å². The number of nitrogens with zero attached hydrogens (tertiary/aromatic N) is 1. The minimum Gasteiger partial charge on any atom is -0.479 e. The third kappa shape index (κ3) is 5.36. The number of anilines is 1. The van der Waals surface area contributed by atoms with Crippen molar-refractivity contribution in [3.05, 3.63) is 60.2 Å². The highest BCUT2D eigenvalue weighted by Crippen LogP contribution is 2.14. The van der Waals surface area contributed by atoms with Gasteiger partial charge in [-0.15, -0.1) is 0 Å². The summed E-state index contributed by atoms with van der Waals surface area (Å²) >= 11 is 0. The van der Waals surface area contributed by atoms with Gasteiger partial charge in [0.05, 0.1) is 11.3 Å². The molecule has 2 rings (SSSR count). The number of nitriles is 1. The van der Waals surface area contributed by atoms with E-state index in [0.717, 1.165) is 0 Å². The van der Waals surface area contributed by atoms with Gasteiger partial charge in [-0.1, -0.05) is 37.3 Å². The summed E-state index contributed by atoms with van der Waals surface area (Å²) < 4.78 is 10.6. The molecule has 0 spiro atoms. The Morgan fingerprint density at radius 1 is 1.12 bits per heavy atom. The second-order valence-electron chi connectivity index (χ2n) is 5.14. The van der Waals surface area contributed by atoms with Crippen LogP contribution in [0, 0.1) is 11.3 Å². The molecule has 6 heteroatoms. The number of rotatable bonds is 7. The molecule has 0 saturated carbocycles. The second-order valence-corrected chi connectivity index (χ2v) is 5.14. The monoisotopic (exact) mass is 338 g/mol. The molecule has 0 radical (unpaired) electrons. The average Bonchev–Trinajstić information content (AvgIpc) is 2.65. The van der Waals surface area contributed by atoms with E-state index in [2.05, 4.69) is 5.32 Å². The van der Waals surface area contributed by atoms with E-state index in [1.54, 1.807) is 55.5 Å². The Bertz CT molecular complexity index is 768. The summed E-state index contributed by atoms with van der Waals surface area (Å²) in [6.07, 6.45) is -0.381. The number of amides is 1. The topological polar surface area (TPSA) is 88.4 Å². The number of esters is 1. The molecule has 1 amide bonds. The van der Waals surface area contributed by atoms with Crippen LogP contribution in [-0.2, 0) is 14.3 Å². The maximum atomic E-state index is 12.1. The van der Waals surface area contributed by atoms with Crippen molar-refractivity contribution in [2.75, 3.05) is 11.9 Å². The van der Waals surface area contributed by atoms with E-state index in [1.165, 1.54) is 0 Å².